The van der Waals surface area contributed by atoms with Gasteiger partial charge in [0.05, 0.1) is 46.1 Å². The molecule has 0 unspecified atom stereocenters. The normalized spacial score (nSPS) is 11.4. The number of anilines is 1. The number of nitrogens with zero attached hydrogens (tertiary/aromatic N) is 3. The number of H-pyrrole nitrogens is 1. The van der Waals surface area contributed by atoms with Crippen molar-refractivity contribution in [3.05, 3.63) is 82.3 Å². The molecule has 174 valence electrons. The average Bonchev–Trinajstić information content (AvgIpc) is 3.25. The van der Waals surface area contributed by atoms with Crippen LogP contribution in [0.3, 0.4) is 0 Å². The van der Waals surface area contributed by atoms with Crippen molar-refractivity contribution >= 4 is 28.8 Å². The van der Waals surface area contributed by atoms with Gasteiger partial charge in [0.1, 0.15) is 6.61 Å². The quantitative estimate of drug-likeness (QED) is 0.403. The highest BCUT2D eigenvalue weighted by Crippen LogP contribution is 2.35. The first-order valence-electron chi connectivity index (χ1n) is 9.51. The van der Waals surface area contributed by atoms with Crippen LogP contribution in [-0.4, -0.2) is 36.7 Å². The summed E-state index contributed by atoms with van der Waals surface area (Å²) in [5, 5.41) is 11.3. The van der Waals surface area contributed by atoms with E-state index in [1.54, 1.807) is 0 Å². The van der Waals surface area contributed by atoms with Crippen LogP contribution in [0, 0.1) is 0 Å². The molecule has 1 amide bonds. The van der Waals surface area contributed by atoms with Crippen molar-refractivity contribution in [2.45, 2.75) is 12.8 Å². The summed E-state index contributed by atoms with van der Waals surface area (Å²) in [6.07, 6.45) is -2.25. The fraction of sp³-hybridized carbons (Fsp3) is 0.0952. The Morgan fingerprint density at radius 2 is 1.88 bits per heavy atom. The SMILES string of the molecule is O=C(Nc1ccc(C(=O)O)cc1)OCc1cn(-c2cc3ncc(=O)[nH]c3cc2C(F)(F)F)cn1. The number of carboxylic acids is 1. The van der Waals surface area contributed by atoms with Crippen molar-refractivity contribution in [1.82, 2.24) is 19.5 Å². The van der Waals surface area contributed by atoms with Gasteiger partial charge in [-0.05, 0) is 36.4 Å². The summed E-state index contributed by atoms with van der Waals surface area (Å²) in [6.45, 7) is -0.341. The van der Waals surface area contributed by atoms with E-state index in [4.69, 9.17) is 9.84 Å². The van der Waals surface area contributed by atoms with Crippen molar-refractivity contribution in [1.29, 1.82) is 0 Å². The largest absolute Gasteiger partial charge is 0.478 e. The number of carboxylic acid groups (broad SMARTS) is 1. The number of carbonyl (C=O) groups excluding carboxylic acids is 1. The summed E-state index contributed by atoms with van der Waals surface area (Å²) in [7, 11) is 0. The van der Waals surface area contributed by atoms with Gasteiger partial charge < -0.3 is 19.4 Å². The first kappa shape index (κ1) is 22.5. The van der Waals surface area contributed by atoms with Crippen LogP contribution < -0.4 is 10.9 Å². The summed E-state index contributed by atoms with van der Waals surface area (Å²) in [4.78, 5) is 44.4. The smallest absolute Gasteiger partial charge is 0.418 e. The number of imidazole rings is 1. The molecule has 0 bridgehead atoms. The number of aromatic nitrogens is 4. The average molecular weight is 473 g/mol. The predicted molar refractivity (Wildman–Crippen MR) is 112 cm³/mol. The fourth-order valence-electron chi connectivity index (χ4n) is 3.08. The summed E-state index contributed by atoms with van der Waals surface area (Å²) < 4.78 is 47.1. The van der Waals surface area contributed by atoms with E-state index in [9.17, 15) is 27.6 Å². The molecule has 3 N–H and O–H groups in total. The second kappa shape index (κ2) is 8.69. The molecule has 2 aromatic carbocycles. The van der Waals surface area contributed by atoms with Crippen LogP contribution in [0.15, 0.2) is 59.9 Å². The summed E-state index contributed by atoms with van der Waals surface area (Å²) in [5.74, 6) is -1.12. The molecular formula is C21H14F3N5O5. The van der Waals surface area contributed by atoms with Gasteiger partial charge in [-0.25, -0.2) is 19.6 Å². The van der Waals surface area contributed by atoms with Gasteiger partial charge in [0.2, 0.25) is 0 Å². The van der Waals surface area contributed by atoms with Gasteiger partial charge in [-0.15, -0.1) is 0 Å². The van der Waals surface area contributed by atoms with Crippen LogP contribution in [0.5, 0.6) is 0 Å². The first-order valence-corrected chi connectivity index (χ1v) is 9.51. The van der Waals surface area contributed by atoms with E-state index < -0.39 is 29.4 Å². The second-order valence-corrected chi connectivity index (χ2v) is 6.99. The van der Waals surface area contributed by atoms with Gasteiger partial charge in [-0.1, -0.05) is 0 Å². The van der Waals surface area contributed by atoms with E-state index in [1.165, 1.54) is 30.5 Å². The van der Waals surface area contributed by atoms with E-state index in [2.05, 4.69) is 20.3 Å². The Balaban J connectivity index is 1.50. The number of amides is 1. The Morgan fingerprint density at radius 1 is 1.15 bits per heavy atom. The Bertz CT molecular complexity index is 1440. The lowest BCUT2D eigenvalue weighted by atomic mass is 10.1. The maximum atomic E-state index is 13.6. The van der Waals surface area contributed by atoms with Crippen LogP contribution >= 0.6 is 0 Å². The third-order valence-corrected chi connectivity index (χ3v) is 4.64. The zero-order valence-corrected chi connectivity index (χ0v) is 17.0. The second-order valence-electron chi connectivity index (χ2n) is 6.99. The van der Waals surface area contributed by atoms with Gasteiger partial charge in [0.15, 0.2) is 0 Å². The molecule has 0 aliphatic rings. The molecule has 0 atom stereocenters. The monoisotopic (exact) mass is 473 g/mol. The van der Waals surface area contributed by atoms with Crippen LogP contribution in [0.1, 0.15) is 21.6 Å². The van der Waals surface area contributed by atoms with Crippen molar-refractivity contribution in [3.63, 3.8) is 0 Å². The van der Waals surface area contributed by atoms with Crippen LogP contribution in [0.25, 0.3) is 16.7 Å². The Kier molecular flexibility index (Phi) is 5.75. The molecule has 0 fully saturated rings. The third kappa shape index (κ3) is 4.87. The number of rotatable bonds is 5. The van der Waals surface area contributed by atoms with Gasteiger partial charge in [-0.3, -0.25) is 10.1 Å². The number of fused-ring (bicyclic) bond motifs is 1. The number of halogens is 3. The van der Waals surface area contributed by atoms with Gasteiger partial charge in [0, 0.05) is 11.9 Å². The van der Waals surface area contributed by atoms with E-state index in [0.29, 0.717) is 0 Å². The molecule has 0 radical (unpaired) electrons. The van der Waals surface area contributed by atoms with Crippen LogP contribution in [0.2, 0.25) is 0 Å². The number of hydrogen-bond donors (Lipinski definition) is 3. The van der Waals surface area contributed by atoms with Gasteiger partial charge >= 0.3 is 18.2 Å². The minimum Gasteiger partial charge on any atom is -0.478 e. The number of aromatic carboxylic acids is 1. The molecule has 0 saturated carbocycles. The third-order valence-electron chi connectivity index (χ3n) is 4.64. The Morgan fingerprint density at radius 3 is 2.56 bits per heavy atom. The van der Waals surface area contributed by atoms with E-state index in [-0.39, 0.29) is 40.3 Å². The maximum absolute atomic E-state index is 13.6. The van der Waals surface area contributed by atoms with Crippen molar-refractivity contribution in [2.24, 2.45) is 0 Å². The van der Waals surface area contributed by atoms with Crippen molar-refractivity contribution in [2.75, 3.05) is 5.32 Å². The number of ether oxygens (including phenoxy) is 1. The molecular weight excluding hydrogens is 459 g/mol. The highest BCUT2D eigenvalue weighted by molar-refractivity contribution is 5.89. The highest BCUT2D eigenvalue weighted by atomic mass is 19.4. The van der Waals surface area contributed by atoms with Crippen LogP contribution in [-0.2, 0) is 17.5 Å². The molecule has 2 heterocycles. The van der Waals surface area contributed by atoms with Crippen LogP contribution in [0.4, 0.5) is 23.7 Å². The summed E-state index contributed by atoms with van der Waals surface area (Å²) >= 11 is 0. The molecule has 13 heteroatoms. The standard InChI is InChI=1S/C21H14F3N5O5/c22-21(23,24)14-5-16-15(25-7-18(30)28-16)6-17(14)29-8-13(26-10-29)9-34-20(33)27-12-3-1-11(2-4-12)19(31)32/h1-8,10H,9H2,(H,27,33)(H,28,30)(H,31,32). The van der Waals surface area contributed by atoms with Crippen molar-refractivity contribution < 1.29 is 32.6 Å². The topological polar surface area (TPSA) is 139 Å². The molecule has 4 rings (SSSR count). The van der Waals surface area contributed by atoms with Crippen molar-refractivity contribution in [3.8, 4) is 5.69 Å². The molecule has 4 aromatic rings. The minimum absolute atomic E-state index is 0.0398. The number of hydrogen-bond acceptors (Lipinski definition) is 6. The molecule has 0 saturated heterocycles. The highest BCUT2D eigenvalue weighted by Gasteiger charge is 2.34. The molecule has 34 heavy (non-hydrogen) atoms. The lowest BCUT2D eigenvalue weighted by Crippen LogP contribution is -2.14. The Hall–Kier alpha value is -4.68. The van der Waals surface area contributed by atoms with E-state index >= 15 is 0 Å². The molecule has 2 aromatic heterocycles. The Labute approximate surface area is 187 Å². The minimum atomic E-state index is -4.73. The summed E-state index contributed by atoms with van der Waals surface area (Å²) in [5.41, 5.74) is -1.36. The van der Waals surface area contributed by atoms with Gasteiger partial charge in [0.25, 0.3) is 5.56 Å². The fourth-order valence-corrected chi connectivity index (χ4v) is 3.08. The molecule has 0 aliphatic heterocycles. The van der Waals surface area contributed by atoms with E-state index in [1.807, 2.05) is 0 Å². The molecule has 0 spiro atoms. The number of alkyl halides is 3. The lowest BCUT2D eigenvalue weighted by Gasteiger charge is -2.14. The van der Waals surface area contributed by atoms with E-state index in [0.717, 1.165) is 29.2 Å². The maximum Gasteiger partial charge on any atom is 0.418 e. The number of carbonyl (C=O) groups is 2. The van der Waals surface area contributed by atoms with Gasteiger partial charge in [-0.2, -0.15) is 13.2 Å². The lowest BCUT2D eigenvalue weighted by molar-refractivity contribution is -0.137. The molecule has 0 aliphatic carbocycles. The number of aromatic amines is 1. The number of nitrogens with one attached hydrogen (secondary N) is 2. The predicted octanol–water partition coefficient (Wildman–Crippen LogP) is 3.57. The summed E-state index contributed by atoms with van der Waals surface area (Å²) in [6, 6.07) is 7.29. The first-order chi connectivity index (χ1) is 16.1. The molecule has 10 nitrogen and oxygen atoms in total. The number of benzene rings is 2. The zero-order valence-electron chi connectivity index (χ0n) is 17.0. The zero-order chi connectivity index (χ0) is 24.5.